The molecule has 112 valence electrons. The number of hydrogen-bond acceptors (Lipinski definition) is 5. The minimum atomic E-state index is -0.597. The lowest BCUT2D eigenvalue weighted by Gasteiger charge is -2.36. The first-order valence-electron chi connectivity index (χ1n) is 6.99. The van der Waals surface area contributed by atoms with Gasteiger partial charge in [-0.1, -0.05) is 0 Å². The molecular weight excluding hydrogens is 258 g/mol. The SMILES string of the molecule is COc1ccc(OCC(O)CNCC2(O)CCC2)cc1. The second-order valence-electron chi connectivity index (χ2n) is 5.35. The maximum Gasteiger partial charge on any atom is 0.119 e. The lowest BCUT2D eigenvalue weighted by Crippen LogP contribution is -2.48. The van der Waals surface area contributed by atoms with Crippen molar-refractivity contribution in [1.82, 2.24) is 5.32 Å². The number of rotatable bonds is 8. The van der Waals surface area contributed by atoms with E-state index in [2.05, 4.69) is 5.32 Å². The predicted molar refractivity (Wildman–Crippen MR) is 76.2 cm³/mol. The van der Waals surface area contributed by atoms with Gasteiger partial charge in [-0.15, -0.1) is 0 Å². The highest BCUT2D eigenvalue weighted by Crippen LogP contribution is 2.30. The molecule has 1 aromatic rings. The normalized spacial score (nSPS) is 18.1. The maximum absolute atomic E-state index is 9.89. The van der Waals surface area contributed by atoms with Crippen LogP contribution in [0, 0.1) is 0 Å². The Morgan fingerprint density at radius 1 is 1.25 bits per heavy atom. The smallest absolute Gasteiger partial charge is 0.119 e. The van der Waals surface area contributed by atoms with E-state index in [1.165, 1.54) is 0 Å². The fraction of sp³-hybridized carbons (Fsp3) is 0.600. The van der Waals surface area contributed by atoms with Gasteiger partial charge in [-0.05, 0) is 43.5 Å². The first kappa shape index (κ1) is 15.1. The van der Waals surface area contributed by atoms with Crippen molar-refractivity contribution in [3.63, 3.8) is 0 Å². The molecule has 0 radical (unpaired) electrons. The largest absolute Gasteiger partial charge is 0.497 e. The van der Waals surface area contributed by atoms with Gasteiger partial charge in [0.2, 0.25) is 0 Å². The van der Waals surface area contributed by atoms with Crippen LogP contribution in [0.25, 0.3) is 0 Å². The fourth-order valence-electron chi connectivity index (χ4n) is 2.16. The van der Waals surface area contributed by atoms with Crippen LogP contribution in [0.5, 0.6) is 11.5 Å². The topological polar surface area (TPSA) is 71.0 Å². The van der Waals surface area contributed by atoms with E-state index in [4.69, 9.17) is 9.47 Å². The third-order valence-corrected chi connectivity index (χ3v) is 3.62. The van der Waals surface area contributed by atoms with Crippen LogP contribution in [0.2, 0.25) is 0 Å². The quantitative estimate of drug-likeness (QED) is 0.661. The zero-order valence-corrected chi connectivity index (χ0v) is 11.8. The summed E-state index contributed by atoms with van der Waals surface area (Å²) in [5.74, 6) is 1.47. The molecule has 1 aliphatic carbocycles. The van der Waals surface area contributed by atoms with E-state index in [0.29, 0.717) is 18.8 Å². The molecule has 1 unspecified atom stereocenters. The number of hydrogen-bond donors (Lipinski definition) is 3. The highest BCUT2D eigenvalue weighted by Gasteiger charge is 2.33. The van der Waals surface area contributed by atoms with Crippen LogP contribution < -0.4 is 14.8 Å². The number of nitrogens with one attached hydrogen (secondary N) is 1. The van der Waals surface area contributed by atoms with E-state index < -0.39 is 11.7 Å². The molecule has 3 N–H and O–H groups in total. The summed E-state index contributed by atoms with van der Waals surface area (Å²) in [7, 11) is 1.61. The van der Waals surface area contributed by atoms with Gasteiger partial charge in [0, 0.05) is 13.1 Å². The van der Waals surface area contributed by atoms with Crippen molar-refractivity contribution in [2.24, 2.45) is 0 Å². The van der Waals surface area contributed by atoms with Crippen LogP contribution in [0.4, 0.5) is 0 Å². The molecule has 1 fully saturated rings. The van der Waals surface area contributed by atoms with Crippen molar-refractivity contribution in [3.05, 3.63) is 24.3 Å². The molecule has 20 heavy (non-hydrogen) atoms. The van der Waals surface area contributed by atoms with E-state index in [1.54, 1.807) is 19.2 Å². The summed E-state index contributed by atoms with van der Waals surface area (Å²) in [5.41, 5.74) is -0.559. The Hall–Kier alpha value is -1.30. The number of aliphatic hydroxyl groups excluding tert-OH is 1. The number of benzene rings is 1. The summed E-state index contributed by atoms with van der Waals surface area (Å²) in [5, 5.41) is 22.8. The summed E-state index contributed by atoms with van der Waals surface area (Å²) in [6.07, 6.45) is 2.18. The standard InChI is InChI=1S/C15H23NO4/c1-19-13-3-5-14(6-4-13)20-10-12(17)9-16-11-15(18)7-2-8-15/h3-6,12,16-18H,2,7-11H2,1H3. The molecule has 0 aliphatic heterocycles. The van der Waals surface area contributed by atoms with Crippen molar-refractivity contribution >= 4 is 0 Å². The van der Waals surface area contributed by atoms with Gasteiger partial charge in [0.1, 0.15) is 24.2 Å². The first-order chi connectivity index (χ1) is 9.61. The Bertz CT molecular complexity index is 403. The maximum atomic E-state index is 9.89. The Balaban J connectivity index is 1.62. The number of aliphatic hydroxyl groups is 2. The number of methoxy groups -OCH3 is 1. The molecule has 0 saturated heterocycles. The molecule has 5 nitrogen and oxygen atoms in total. The average molecular weight is 281 g/mol. The van der Waals surface area contributed by atoms with Crippen LogP contribution in [-0.4, -0.2) is 48.7 Å². The summed E-state index contributed by atoms with van der Waals surface area (Å²) < 4.78 is 10.5. The lowest BCUT2D eigenvalue weighted by molar-refractivity contribution is -0.0334. The van der Waals surface area contributed by atoms with Gasteiger partial charge >= 0.3 is 0 Å². The van der Waals surface area contributed by atoms with E-state index in [0.717, 1.165) is 25.0 Å². The minimum absolute atomic E-state index is 0.220. The lowest BCUT2D eigenvalue weighted by atomic mass is 9.80. The molecule has 2 rings (SSSR count). The molecule has 0 bridgehead atoms. The van der Waals surface area contributed by atoms with Crippen LogP contribution in [-0.2, 0) is 0 Å². The Morgan fingerprint density at radius 3 is 2.45 bits per heavy atom. The fourth-order valence-corrected chi connectivity index (χ4v) is 2.16. The Kier molecular flexibility index (Phi) is 5.23. The van der Waals surface area contributed by atoms with E-state index in [1.807, 2.05) is 12.1 Å². The highest BCUT2D eigenvalue weighted by atomic mass is 16.5. The third-order valence-electron chi connectivity index (χ3n) is 3.62. The van der Waals surface area contributed by atoms with Crippen LogP contribution in [0.1, 0.15) is 19.3 Å². The van der Waals surface area contributed by atoms with E-state index >= 15 is 0 Å². The van der Waals surface area contributed by atoms with Gasteiger partial charge in [-0.2, -0.15) is 0 Å². The summed E-state index contributed by atoms with van der Waals surface area (Å²) in [6, 6.07) is 7.23. The zero-order chi connectivity index (χ0) is 14.4. The van der Waals surface area contributed by atoms with Crippen LogP contribution in [0.15, 0.2) is 24.3 Å². The van der Waals surface area contributed by atoms with Gasteiger partial charge in [0.05, 0.1) is 12.7 Å². The van der Waals surface area contributed by atoms with Gasteiger partial charge in [-0.3, -0.25) is 0 Å². The molecule has 0 aromatic heterocycles. The van der Waals surface area contributed by atoms with E-state index in [9.17, 15) is 10.2 Å². The van der Waals surface area contributed by atoms with Crippen molar-refractivity contribution < 1.29 is 19.7 Å². The van der Waals surface area contributed by atoms with Gasteiger partial charge < -0.3 is 25.0 Å². The average Bonchev–Trinajstić information content (AvgIpc) is 2.44. The second kappa shape index (κ2) is 6.92. The number of ether oxygens (including phenoxy) is 2. The second-order valence-corrected chi connectivity index (χ2v) is 5.35. The monoisotopic (exact) mass is 281 g/mol. The van der Waals surface area contributed by atoms with E-state index in [-0.39, 0.29) is 6.61 Å². The van der Waals surface area contributed by atoms with Crippen molar-refractivity contribution in [1.29, 1.82) is 0 Å². The van der Waals surface area contributed by atoms with Crippen LogP contribution >= 0.6 is 0 Å². The molecule has 1 saturated carbocycles. The molecule has 1 aliphatic rings. The van der Waals surface area contributed by atoms with Gasteiger partial charge in [0.15, 0.2) is 0 Å². The predicted octanol–water partition coefficient (Wildman–Crippen LogP) is 0.939. The first-order valence-corrected chi connectivity index (χ1v) is 6.99. The highest BCUT2D eigenvalue weighted by molar-refractivity contribution is 5.31. The Morgan fingerprint density at radius 2 is 1.90 bits per heavy atom. The summed E-state index contributed by atoms with van der Waals surface area (Å²) in [4.78, 5) is 0. The van der Waals surface area contributed by atoms with Crippen molar-refractivity contribution in [2.45, 2.75) is 31.0 Å². The molecule has 1 aromatic carbocycles. The van der Waals surface area contributed by atoms with Crippen molar-refractivity contribution in [3.8, 4) is 11.5 Å². The summed E-state index contributed by atoms with van der Waals surface area (Å²) >= 11 is 0. The van der Waals surface area contributed by atoms with Crippen molar-refractivity contribution in [2.75, 3.05) is 26.8 Å². The molecule has 1 atom stereocenters. The van der Waals surface area contributed by atoms with Gasteiger partial charge in [0.25, 0.3) is 0 Å². The molecule has 5 heteroatoms. The zero-order valence-electron chi connectivity index (χ0n) is 11.8. The van der Waals surface area contributed by atoms with Crippen LogP contribution in [0.3, 0.4) is 0 Å². The minimum Gasteiger partial charge on any atom is -0.497 e. The molecule has 0 heterocycles. The molecule has 0 amide bonds. The molecular formula is C15H23NO4. The van der Waals surface area contributed by atoms with Gasteiger partial charge in [-0.25, -0.2) is 0 Å². The third kappa shape index (κ3) is 4.37. The molecule has 0 spiro atoms. The summed E-state index contributed by atoms with van der Waals surface area (Å²) in [6.45, 7) is 1.17. The Labute approximate surface area is 119 Å².